The van der Waals surface area contributed by atoms with Crippen LogP contribution in [-0.2, 0) is 5.75 Å². The van der Waals surface area contributed by atoms with E-state index in [-0.39, 0.29) is 23.1 Å². The van der Waals surface area contributed by atoms with Crippen molar-refractivity contribution in [2.24, 2.45) is 0 Å². The molecule has 0 atom stereocenters. The summed E-state index contributed by atoms with van der Waals surface area (Å²) < 4.78 is 33.9. The first-order valence-corrected chi connectivity index (χ1v) is 7.11. The predicted octanol–water partition coefficient (Wildman–Crippen LogP) is 2.54. The van der Waals surface area contributed by atoms with E-state index in [1.165, 1.54) is 31.0 Å². The number of halogens is 2. The topological polar surface area (TPSA) is 96.3 Å². The van der Waals surface area contributed by atoms with Crippen LogP contribution < -0.4 is 20.9 Å². The van der Waals surface area contributed by atoms with Crippen LogP contribution in [0.25, 0.3) is 0 Å². The number of methoxy groups -OCH3 is 1. The number of nitrogens with two attached hydrogens (primary N) is 2. The smallest absolute Gasteiger partial charge is 0.387 e. The minimum atomic E-state index is -2.90. The maximum Gasteiger partial charge on any atom is 0.387 e. The third-order valence-corrected chi connectivity index (χ3v) is 3.48. The zero-order valence-corrected chi connectivity index (χ0v) is 12.4. The molecule has 4 N–H and O–H groups in total. The molecule has 0 amide bonds. The molecule has 0 fully saturated rings. The summed E-state index contributed by atoms with van der Waals surface area (Å²) in [5.74, 6) is 1.28. The molecular weight excluding hydrogens is 314 g/mol. The summed E-state index contributed by atoms with van der Waals surface area (Å²) >= 11 is 1.31. The first-order chi connectivity index (χ1) is 10.5. The Morgan fingerprint density at radius 3 is 2.41 bits per heavy atom. The monoisotopic (exact) mass is 328 g/mol. The standard InChI is InChI=1S/C13H14F2N4O2S/c1-20-9-4-7(2-3-8(9)21-12(14)15)6-22-13-18-10(16)5-11(17)19-13/h2-5,12H,6H2,1H3,(H4,16,17,18,19). The molecule has 0 saturated heterocycles. The maximum absolute atomic E-state index is 12.3. The number of hydrogen-bond donors (Lipinski definition) is 2. The van der Waals surface area contributed by atoms with Crippen molar-refractivity contribution >= 4 is 23.4 Å². The highest BCUT2D eigenvalue weighted by atomic mass is 32.2. The van der Waals surface area contributed by atoms with Crippen molar-refractivity contribution in [1.29, 1.82) is 0 Å². The number of benzene rings is 1. The number of hydrogen-bond acceptors (Lipinski definition) is 7. The minimum Gasteiger partial charge on any atom is -0.493 e. The molecule has 0 unspecified atom stereocenters. The summed E-state index contributed by atoms with van der Waals surface area (Å²) in [7, 11) is 1.38. The fourth-order valence-corrected chi connectivity index (χ4v) is 2.48. The summed E-state index contributed by atoms with van der Waals surface area (Å²) in [4.78, 5) is 8.09. The van der Waals surface area contributed by atoms with Gasteiger partial charge in [-0.05, 0) is 17.7 Å². The van der Waals surface area contributed by atoms with E-state index in [4.69, 9.17) is 16.2 Å². The normalized spacial score (nSPS) is 10.7. The van der Waals surface area contributed by atoms with Gasteiger partial charge >= 0.3 is 6.61 Å². The number of thioether (sulfide) groups is 1. The molecule has 118 valence electrons. The van der Waals surface area contributed by atoms with E-state index >= 15 is 0 Å². The Labute approximate surface area is 129 Å². The lowest BCUT2D eigenvalue weighted by molar-refractivity contribution is -0.0512. The van der Waals surface area contributed by atoms with Gasteiger partial charge in [-0.25, -0.2) is 9.97 Å². The molecule has 1 aromatic heterocycles. The van der Waals surface area contributed by atoms with Crippen LogP contribution in [0.3, 0.4) is 0 Å². The number of alkyl halides is 2. The second-order valence-corrected chi connectivity index (χ2v) is 5.10. The molecule has 1 aromatic carbocycles. The van der Waals surface area contributed by atoms with Crippen LogP contribution in [0.5, 0.6) is 11.5 Å². The molecular formula is C13H14F2N4O2S. The Morgan fingerprint density at radius 1 is 1.14 bits per heavy atom. The zero-order valence-electron chi connectivity index (χ0n) is 11.6. The molecule has 0 aliphatic heterocycles. The zero-order chi connectivity index (χ0) is 16.1. The van der Waals surface area contributed by atoms with Gasteiger partial charge in [0.1, 0.15) is 11.6 Å². The molecule has 0 saturated carbocycles. The van der Waals surface area contributed by atoms with Crippen LogP contribution in [0.4, 0.5) is 20.4 Å². The molecule has 0 aliphatic rings. The Kier molecular flexibility index (Phi) is 5.21. The fourth-order valence-electron chi connectivity index (χ4n) is 1.67. The SMILES string of the molecule is COc1cc(CSc2nc(N)cc(N)n2)ccc1OC(F)F. The van der Waals surface area contributed by atoms with E-state index in [0.29, 0.717) is 10.9 Å². The van der Waals surface area contributed by atoms with Gasteiger partial charge in [0, 0.05) is 11.8 Å². The van der Waals surface area contributed by atoms with Gasteiger partial charge in [-0.15, -0.1) is 0 Å². The number of nitrogens with zero attached hydrogens (tertiary/aromatic N) is 2. The molecule has 2 rings (SSSR count). The average molecular weight is 328 g/mol. The molecule has 0 bridgehead atoms. The van der Waals surface area contributed by atoms with Crippen molar-refractivity contribution in [2.45, 2.75) is 17.5 Å². The quantitative estimate of drug-likeness (QED) is 0.621. The second kappa shape index (κ2) is 7.12. The number of rotatable bonds is 6. The van der Waals surface area contributed by atoms with Gasteiger partial charge < -0.3 is 20.9 Å². The lowest BCUT2D eigenvalue weighted by Gasteiger charge is -2.11. The molecule has 6 nitrogen and oxygen atoms in total. The van der Waals surface area contributed by atoms with E-state index in [0.717, 1.165) is 5.56 Å². The summed E-state index contributed by atoms with van der Waals surface area (Å²) in [5.41, 5.74) is 12.0. The van der Waals surface area contributed by atoms with Gasteiger partial charge in [-0.3, -0.25) is 0 Å². The summed E-state index contributed by atoms with van der Waals surface area (Å²) in [6.45, 7) is -2.90. The third-order valence-electron chi connectivity index (χ3n) is 2.56. The minimum absolute atomic E-state index is 0.0179. The van der Waals surface area contributed by atoms with Crippen LogP contribution in [0, 0.1) is 0 Å². The van der Waals surface area contributed by atoms with Gasteiger partial charge in [0.15, 0.2) is 16.7 Å². The highest BCUT2D eigenvalue weighted by Gasteiger charge is 2.11. The molecule has 0 spiro atoms. The second-order valence-electron chi connectivity index (χ2n) is 4.15. The van der Waals surface area contributed by atoms with Crippen molar-refractivity contribution in [3.05, 3.63) is 29.8 Å². The van der Waals surface area contributed by atoms with Gasteiger partial charge in [-0.1, -0.05) is 17.8 Å². The van der Waals surface area contributed by atoms with E-state index in [1.54, 1.807) is 12.1 Å². The molecule has 0 aliphatic carbocycles. The average Bonchev–Trinajstić information content (AvgIpc) is 2.44. The first kappa shape index (κ1) is 16.1. The van der Waals surface area contributed by atoms with Gasteiger partial charge in [0.05, 0.1) is 7.11 Å². The molecule has 1 heterocycles. The number of anilines is 2. The van der Waals surface area contributed by atoms with Crippen molar-refractivity contribution < 1.29 is 18.3 Å². The van der Waals surface area contributed by atoms with Crippen LogP contribution >= 0.6 is 11.8 Å². The highest BCUT2D eigenvalue weighted by Crippen LogP contribution is 2.31. The van der Waals surface area contributed by atoms with Crippen LogP contribution in [0.15, 0.2) is 29.4 Å². The largest absolute Gasteiger partial charge is 0.493 e. The molecule has 9 heteroatoms. The Morgan fingerprint density at radius 2 is 1.82 bits per heavy atom. The third kappa shape index (κ3) is 4.35. The first-order valence-electron chi connectivity index (χ1n) is 6.12. The van der Waals surface area contributed by atoms with Crippen molar-refractivity contribution in [3.63, 3.8) is 0 Å². The molecule has 2 aromatic rings. The van der Waals surface area contributed by atoms with E-state index in [9.17, 15) is 8.78 Å². The van der Waals surface area contributed by atoms with Crippen molar-refractivity contribution in [2.75, 3.05) is 18.6 Å². The Balaban J connectivity index is 2.09. The molecule has 22 heavy (non-hydrogen) atoms. The van der Waals surface area contributed by atoms with Crippen molar-refractivity contribution in [3.8, 4) is 11.5 Å². The summed E-state index contributed by atoms with van der Waals surface area (Å²) in [6.07, 6.45) is 0. The van der Waals surface area contributed by atoms with E-state index in [1.807, 2.05) is 0 Å². The van der Waals surface area contributed by atoms with Gasteiger partial charge in [0.2, 0.25) is 0 Å². The van der Waals surface area contributed by atoms with Gasteiger partial charge in [0.25, 0.3) is 0 Å². The predicted molar refractivity (Wildman–Crippen MR) is 80.0 cm³/mol. The van der Waals surface area contributed by atoms with E-state index in [2.05, 4.69) is 14.7 Å². The summed E-state index contributed by atoms with van der Waals surface area (Å²) in [6, 6.07) is 6.16. The number of aromatic nitrogens is 2. The van der Waals surface area contributed by atoms with Crippen LogP contribution in [0.2, 0.25) is 0 Å². The number of ether oxygens (including phenoxy) is 2. The lowest BCUT2D eigenvalue weighted by atomic mass is 10.2. The molecule has 0 radical (unpaired) electrons. The van der Waals surface area contributed by atoms with Crippen molar-refractivity contribution in [1.82, 2.24) is 9.97 Å². The number of nitrogen functional groups attached to an aromatic ring is 2. The van der Waals surface area contributed by atoms with Crippen LogP contribution in [0.1, 0.15) is 5.56 Å². The Bertz CT molecular complexity index is 638. The fraction of sp³-hybridized carbons (Fsp3) is 0.231. The highest BCUT2D eigenvalue weighted by molar-refractivity contribution is 7.98. The van der Waals surface area contributed by atoms with E-state index < -0.39 is 6.61 Å². The lowest BCUT2D eigenvalue weighted by Crippen LogP contribution is -2.03. The van der Waals surface area contributed by atoms with Gasteiger partial charge in [-0.2, -0.15) is 8.78 Å². The van der Waals surface area contributed by atoms with Crippen LogP contribution in [-0.4, -0.2) is 23.7 Å². The Hall–Kier alpha value is -2.29. The maximum atomic E-state index is 12.3. The summed E-state index contributed by atoms with van der Waals surface area (Å²) in [5, 5.41) is 0.435.